The van der Waals surface area contributed by atoms with Gasteiger partial charge in [-0.1, -0.05) is 0 Å². The number of morpholine rings is 1. The Kier molecular flexibility index (Phi) is 5.11. The summed E-state index contributed by atoms with van der Waals surface area (Å²) in [5.41, 5.74) is 1.48. The third kappa shape index (κ3) is 3.73. The number of rotatable bonds is 4. The Labute approximate surface area is 145 Å². The van der Waals surface area contributed by atoms with E-state index in [2.05, 4.69) is 14.9 Å². The zero-order chi connectivity index (χ0) is 17.1. The molecule has 1 aliphatic heterocycles. The summed E-state index contributed by atoms with van der Waals surface area (Å²) in [5.74, 6) is 0.297. The molecule has 0 radical (unpaired) electrons. The van der Waals surface area contributed by atoms with Crippen molar-refractivity contribution < 1.29 is 14.3 Å². The lowest BCUT2D eigenvalue weighted by molar-refractivity contribution is 0.0356. The van der Waals surface area contributed by atoms with Gasteiger partial charge in [0, 0.05) is 23.8 Å². The van der Waals surface area contributed by atoms with Crippen molar-refractivity contribution in [3.8, 4) is 0 Å². The highest BCUT2D eigenvalue weighted by Gasteiger charge is 2.28. The minimum Gasteiger partial charge on any atom is -0.459 e. The quantitative estimate of drug-likeness (QED) is 0.792. The first kappa shape index (κ1) is 16.9. The molecule has 0 saturated carbocycles. The van der Waals surface area contributed by atoms with Crippen LogP contribution in [-0.4, -0.2) is 41.7 Å². The molecule has 1 saturated heterocycles. The number of aryl methyl sites for hydroxylation is 1. The molecule has 2 aromatic heterocycles. The molecule has 1 unspecified atom stereocenters. The van der Waals surface area contributed by atoms with Crippen LogP contribution in [-0.2, 0) is 9.47 Å². The molecule has 7 heteroatoms. The van der Waals surface area contributed by atoms with Crippen LogP contribution in [0.25, 0.3) is 0 Å². The van der Waals surface area contributed by atoms with Gasteiger partial charge < -0.3 is 14.4 Å². The van der Waals surface area contributed by atoms with E-state index in [9.17, 15) is 4.79 Å². The van der Waals surface area contributed by atoms with Crippen molar-refractivity contribution in [3.63, 3.8) is 0 Å². The lowest BCUT2D eigenvalue weighted by Gasteiger charge is -2.33. The highest BCUT2D eigenvalue weighted by atomic mass is 32.1. The average Bonchev–Trinajstić information content (AvgIpc) is 3.01. The Bertz CT molecular complexity index is 717. The number of anilines is 1. The molecular formula is C17H21N3O3S. The van der Waals surface area contributed by atoms with Gasteiger partial charge in [-0.2, -0.15) is 0 Å². The number of carbonyl (C=O) groups excluding carboxylic acids is 1. The molecular weight excluding hydrogens is 326 g/mol. The van der Waals surface area contributed by atoms with Gasteiger partial charge in [-0.15, -0.1) is 11.3 Å². The second kappa shape index (κ2) is 7.27. The molecule has 24 heavy (non-hydrogen) atoms. The zero-order valence-corrected chi connectivity index (χ0v) is 14.9. The second-order valence-corrected chi connectivity index (χ2v) is 6.85. The molecule has 1 aliphatic rings. The van der Waals surface area contributed by atoms with E-state index in [0.717, 1.165) is 10.7 Å². The van der Waals surface area contributed by atoms with Crippen LogP contribution < -0.4 is 4.90 Å². The van der Waals surface area contributed by atoms with Gasteiger partial charge in [-0.3, -0.25) is 0 Å². The molecule has 128 valence electrons. The third-order valence-electron chi connectivity index (χ3n) is 3.63. The number of esters is 1. The molecule has 0 amide bonds. The fourth-order valence-corrected chi connectivity index (χ4v) is 3.43. The van der Waals surface area contributed by atoms with Gasteiger partial charge in [0.05, 0.1) is 19.3 Å². The summed E-state index contributed by atoms with van der Waals surface area (Å²) in [4.78, 5) is 23.3. The standard InChI is InChI=1S/C17H21N3O3S/c1-11(2)23-17(21)13-5-4-6-18-15(13)20-7-8-22-14(9-20)16-19-12(3)10-24-16/h4-6,10-11,14H,7-9H2,1-3H3. The number of pyridine rings is 1. The van der Waals surface area contributed by atoms with Gasteiger partial charge in [-0.05, 0) is 32.9 Å². The largest absolute Gasteiger partial charge is 0.459 e. The number of aromatic nitrogens is 2. The van der Waals surface area contributed by atoms with Crippen LogP contribution in [0.15, 0.2) is 23.7 Å². The van der Waals surface area contributed by atoms with E-state index in [-0.39, 0.29) is 18.2 Å². The number of hydrogen-bond acceptors (Lipinski definition) is 7. The molecule has 0 bridgehead atoms. The number of ether oxygens (including phenoxy) is 2. The van der Waals surface area contributed by atoms with Crippen LogP contribution in [0.4, 0.5) is 5.82 Å². The predicted molar refractivity (Wildman–Crippen MR) is 92.5 cm³/mol. The summed E-state index contributed by atoms with van der Waals surface area (Å²) in [6, 6.07) is 3.51. The maximum Gasteiger partial charge on any atom is 0.342 e. The van der Waals surface area contributed by atoms with E-state index in [1.165, 1.54) is 0 Å². The van der Waals surface area contributed by atoms with E-state index in [0.29, 0.717) is 31.1 Å². The molecule has 2 aromatic rings. The number of carbonyl (C=O) groups is 1. The maximum atomic E-state index is 12.3. The van der Waals surface area contributed by atoms with Crippen LogP contribution in [0.5, 0.6) is 0 Å². The van der Waals surface area contributed by atoms with Crippen molar-refractivity contribution in [3.05, 3.63) is 40.0 Å². The summed E-state index contributed by atoms with van der Waals surface area (Å²) in [6.45, 7) is 7.51. The van der Waals surface area contributed by atoms with Gasteiger partial charge in [0.15, 0.2) is 0 Å². The van der Waals surface area contributed by atoms with Crippen LogP contribution >= 0.6 is 11.3 Å². The normalized spacial score (nSPS) is 18.0. The molecule has 1 fully saturated rings. The monoisotopic (exact) mass is 347 g/mol. The molecule has 3 heterocycles. The zero-order valence-electron chi connectivity index (χ0n) is 14.1. The van der Waals surface area contributed by atoms with Crippen molar-refractivity contribution in [2.75, 3.05) is 24.6 Å². The van der Waals surface area contributed by atoms with Gasteiger partial charge in [-0.25, -0.2) is 14.8 Å². The first-order chi connectivity index (χ1) is 11.5. The summed E-state index contributed by atoms with van der Waals surface area (Å²) >= 11 is 1.60. The van der Waals surface area contributed by atoms with Crippen molar-refractivity contribution in [1.29, 1.82) is 0 Å². The van der Waals surface area contributed by atoms with Crippen LogP contribution in [0, 0.1) is 6.92 Å². The lowest BCUT2D eigenvalue weighted by Crippen LogP contribution is -2.39. The Balaban J connectivity index is 1.82. The van der Waals surface area contributed by atoms with Gasteiger partial charge in [0.2, 0.25) is 0 Å². The lowest BCUT2D eigenvalue weighted by atomic mass is 10.2. The van der Waals surface area contributed by atoms with E-state index in [1.807, 2.05) is 26.2 Å². The minimum absolute atomic E-state index is 0.103. The van der Waals surface area contributed by atoms with E-state index in [4.69, 9.17) is 9.47 Å². The van der Waals surface area contributed by atoms with Crippen molar-refractivity contribution >= 4 is 23.1 Å². The first-order valence-corrected chi connectivity index (χ1v) is 8.87. The minimum atomic E-state index is -0.346. The second-order valence-electron chi connectivity index (χ2n) is 5.96. The fraction of sp³-hybridized carbons (Fsp3) is 0.471. The van der Waals surface area contributed by atoms with Crippen LogP contribution in [0.3, 0.4) is 0 Å². The summed E-state index contributed by atoms with van der Waals surface area (Å²) < 4.78 is 11.2. The summed E-state index contributed by atoms with van der Waals surface area (Å²) in [7, 11) is 0. The SMILES string of the molecule is Cc1csc(C2CN(c3ncccc3C(=O)OC(C)C)CCO2)n1. The van der Waals surface area contributed by atoms with Gasteiger partial charge >= 0.3 is 5.97 Å². The third-order valence-corrected chi connectivity index (χ3v) is 4.68. The van der Waals surface area contributed by atoms with Gasteiger partial charge in [0.1, 0.15) is 22.5 Å². The van der Waals surface area contributed by atoms with E-state index in [1.54, 1.807) is 29.7 Å². The van der Waals surface area contributed by atoms with Gasteiger partial charge in [0.25, 0.3) is 0 Å². The topological polar surface area (TPSA) is 64.6 Å². The van der Waals surface area contributed by atoms with Crippen molar-refractivity contribution in [2.24, 2.45) is 0 Å². The molecule has 1 atom stereocenters. The van der Waals surface area contributed by atoms with Crippen LogP contribution in [0.2, 0.25) is 0 Å². The Morgan fingerprint density at radius 2 is 2.33 bits per heavy atom. The molecule has 0 N–H and O–H groups in total. The summed E-state index contributed by atoms with van der Waals surface area (Å²) in [5, 5.41) is 2.98. The number of thiazole rings is 1. The van der Waals surface area contributed by atoms with E-state index >= 15 is 0 Å². The smallest absolute Gasteiger partial charge is 0.342 e. The molecule has 3 rings (SSSR count). The highest BCUT2D eigenvalue weighted by Crippen LogP contribution is 2.29. The maximum absolute atomic E-state index is 12.3. The average molecular weight is 347 g/mol. The number of hydrogen-bond donors (Lipinski definition) is 0. The van der Waals surface area contributed by atoms with Crippen molar-refractivity contribution in [1.82, 2.24) is 9.97 Å². The summed E-state index contributed by atoms with van der Waals surface area (Å²) in [6.07, 6.45) is 1.43. The highest BCUT2D eigenvalue weighted by molar-refractivity contribution is 7.09. The Morgan fingerprint density at radius 3 is 3.04 bits per heavy atom. The predicted octanol–water partition coefficient (Wildman–Crippen LogP) is 2.99. The van der Waals surface area contributed by atoms with Crippen molar-refractivity contribution in [2.45, 2.75) is 33.0 Å². The Morgan fingerprint density at radius 1 is 1.50 bits per heavy atom. The Hall–Kier alpha value is -1.99. The first-order valence-electron chi connectivity index (χ1n) is 7.99. The molecule has 0 spiro atoms. The molecule has 6 nitrogen and oxygen atoms in total. The fourth-order valence-electron chi connectivity index (χ4n) is 2.60. The van der Waals surface area contributed by atoms with E-state index < -0.39 is 0 Å². The molecule has 0 aliphatic carbocycles. The number of nitrogens with zero attached hydrogens (tertiary/aromatic N) is 3. The molecule has 0 aromatic carbocycles. The van der Waals surface area contributed by atoms with Crippen LogP contribution in [0.1, 0.15) is 41.0 Å².